The molecule has 0 spiro atoms. The Balaban J connectivity index is 1.79. The van der Waals surface area contributed by atoms with Gasteiger partial charge in [-0.15, -0.1) is 0 Å². The van der Waals surface area contributed by atoms with Gasteiger partial charge in [-0.3, -0.25) is 0 Å². The van der Waals surface area contributed by atoms with Gasteiger partial charge in [-0.05, 0) is 5.56 Å². The molecule has 1 aromatic carbocycles. The maximum absolute atomic E-state index is 11.4. The molecule has 0 unspecified atom stereocenters. The lowest BCUT2D eigenvalue weighted by atomic mass is 10.2. The van der Waals surface area contributed by atoms with E-state index in [0.717, 1.165) is 12.0 Å². The first-order valence-corrected chi connectivity index (χ1v) is 5.05. The molecule has 0 fully saturated rings. The molecule has 0 saturated carbocycles. The van der Waals surface area contributed by atoms with Crippen LogP contribution in [0.4, 0.5) is 4.79 Å². The molecule has 16 heavy (non-hydrogen) atoms. The zero-order valence-corrected chi connectivity index (χ0v) is 8.74. The Morgan fingerprint density at radius 1 is 1.31 bits per heavy atom. The molecule has 1 aromatic heterocycles. The summed E-state index contributed by atoms with van der Waals surface area (Å²) in [6.45, 7) is 0.376. The van der Waals surface area contributed by atoms with Crippen molar-refractivity contribution in [3.05, 3.63) is 54.6 Å². The Bertz CT molecular complexity index is 437. The summed E-state index contributed by atoms with van der Waals surface area (Å²) in [6.07, 6.45) is 4.85. The Labute approximate surface area is 93.5 Å². The lowest BCUT2D eigenvalue weighted by Crippen LogP contribution is -2.13. The number of benzene rings is 1. The fraction of sp³-hybridized carbons (Fsp3) is 0.167. The second-order valence-electron chi connectivity index (χ2n) is 3.32. The first-order chi connectivity index (χ1) is 7.86. The first-order valence-electron chi connectivity index (χ1n) is 5.05. The van der Waals surface area contributed by atoms with E-state index in [-0.39, 0.29) is 0 Å². The van der Waals surface area contributed by atoms with Crippen LogP contribution in [0.2, 0.25) is 0 Å². The third-order valence-corrected chi connectivity index (χ3v) is 2.17. The molecule has 4 heteroatoms. The van der Waals surface area contributed by atoms with Gasteiger partial charge in [-0.25, -0.2) is 14.3 Å². The number of hydrogen-bond acceptors (Lipinski definition) is 3. The maximum atomic E-state index is 11.4. The summed E-state index contributed by atoms with van der Waals surface area (Å²) in [5.74, 6) is 0. The number of nitrogens with zero attached hydrogens (tertiary/aromatic N) is 2. The van der Waals surface area contributed by atoms with E-state index in [0.29, 0.717) is 6.61 Å². The largest absolute Gasteiger partial charge is 0.449 e. The molecule has 82 valence electrons. The monoisotopic (exact) mass is 216 g/mol. The minimum absolute atomic E-state index is 0.376. The summed E-state index contributed by atoms with van der Waals surface area (Å²) in [5.41, 5.74) is 1.15. The molecule has 2 aromatic rings. The van der Waals surface area contributed by atoms with Gasteiger partial charge in [0.1, 0.15) is 6.33 Å². The highest BCUT2D eigenvalue weighted by Crippen LogP contribution is 2.00. The normalized spacial score (nSPS) is 10.0. The Kier molecular flexibility index (Phi) is 3.33. The number of hydrogen-bond donors (Lipinski definition) is 0. The summed E-state index contributed by atoms with van der Waals surface area (Å²) < 4.78 is 6.38. The number of ether oxygens (including phenoxy) is 1. The van der Waals surface area contributed by atoms with Crippen molar-refractivity contribution < 1.29 is 9.53 Å². The van der Waals surface area contributed by atoms with Crippen molar-refractivity contribution in [3.63, 3.8) is 0 Å². The Hall–Kier alpha value is -2.10. The van der Waals surface area contributed by atoms with Crippen LogP contribution < -0.4 is 0 Å². The van der Waals surface area contributed by atoms with Crippen molar-refractivity contribution in [2.24, 2.45) is 0 Å². The van der Waals surface area contributed by atoms with Crippen molar-refractivity contribution in [1.29, 1.82) is 0 Å². The summed E-state index contributed by atoms with van der Waals surface area (Å²) >= 11 is 0. The molecule has 0 radical (unpaired) electrons. The average Bonchev–Trinajstić information content (AvgIpc) is 2.84. The molecule has 2 rings (SSSR count). The molecular formula is C12H12N2O2. The van der Waals surface area contributed by atoms with Gasteiger partial charge in [0, 0.05) is 18.8 Å². The number of aromatic nitrogens is 2. The molecule has 0 N–H and O–H groups in total. The van der Waals surface area contributed by atoms with Gasteiger partial charge in [-0.1, -0.05) is 30.3 Å². The second kappa shape index (κ2) is 5.11. The molecular weight excluding hydrogens is 204 g/mol. The highest BCUT2D eigenvalue weighted by Gasteiger charge is 2.03. The van der Waals surface area contributed by atoms with Gasteiger partial charge in [0.25, 0.3) is 0 Å². The standard InChI is InChI=1S/C12H12N2O2/c15-12(14-8-7-13-10-14)16-9-6-11-4-2-1-3-5-11/h1-5,7-8,10H,6,9H2. The van der Waals surface area contributed by atoms with E-state index in [4.69, 9.17) is 4.74 Å². The van der Waals surface area contributed by atoms with Crippen molar-refractivity contribution in [2.45, 2.75) is 6.42 Å². The first kappa shape index (κ1) is 10.4. The number of rotatable bonds is 3. The lowest BCUT2D eigenvalue weighted by Gasteiger charge is -2.04. The zero-order valence-electron chi connectivity index (χ0n) is 8.74. The SMILES string of the molecule is O=C(OCCc1ccccc1)n1ccnc1. The molecule has 0 aliphatic heterocycles. The number of imidazole rings is 1. The van der Waals surface area contributed by atoms with Gasteiger partial charge in [0.05, 0.1) is 6.61 Å². The molecule has 0 aliphatic carbocycles. The van der Waals surface area contributed by atoms with E-state index in [1.807, 2.05) is 30.3 Å². The smallest absolute Gasteiger partial charge is 0.419 e. The summed E-state index contributed by atoms with van der Waals surface area (Å²) in [7, 11) is 0. The predicted molar refractivity (Wildman–Crippen MR) is 59.1 cm³/mol. The van der Waals surface area contributed by atoms with Gasteiger partial charge < -0.3 is 4.74 Å². The van der Waals surface area contributed by atoms with E-state index in [1.54, 1.807) is 12.4 Å². The topological polar surface area (TPSA) is 44.1 Å². The molecule has 0 saturated heterocycles. The third kappa shape index (κ3) is 2.70. The number of carbonyl (C=O) groups is 1. The quantitative estimate of drug-likeness (QED) is 0.789. The minimum atomic E-state index is -0.395. The van der Waals surface area contributed by atoms with Gasteiger partial charge in [0.15, 0.2) is 0 Å². The van der Waals surface area contributed by atoms with Crippen molar-refractivity contribution in [2.75, 3.05) is 6.61 Å². The van der Waals surface area contributed by atoms with E-state index >= 15 is 0 Å². The third-order valence-electron chi connectivity index (χ3n) is 2.17. The average molecular weight is 216 g/mol. The van der Waals surface area contributed by atoms with E-state index < -0.39 is 6.09 Å². The molecule has 0 aliphatic rings. The predicted octanol–water partition coefficient (Wildman–Crippen LogP) is 2.11. The fourth-order valence-electron chi connectivity index (χ4n) is 1.34. The molecule has 4 nitrogen and oxygen atoms in total. The van der Waals surface area contributed by atoms with Gasteiger partial charge in [0.2, 0.25) is 0 Å². The minimum Gasteiger partial charge on any atom is -0.449 e. The van der Waals surface area contributed by atoms with Crippen molar-refractivity contribution >= 4 is 6.09 Å². The Morgan fingerprint density at radius 2 is 2.12 bits per heavy atom. The maximum Gasteiger partial charge on any atom is 0.419 e. The number of carbonyl (C=O) groups excluding carboxylic acids is 1. The summed E-state index contributed by atoms with van der Waals surface area (Å²) in [6, 6.07) is 9.90. The summed E-state index contributed by atoms with van der Waals surface area (Å²) in [4.78, 5) is 15.2. The second-order valence-corrected chi connectivity index (χ2v) is 3.32. The van der Waals surface area contributed by atoms with Crippen molar-refractivity contribution in [1.82, 2.24) is 9.55 Å². The van der Waals surface area contributed by atoms with Crippen LogP contribution in [0.5, 0.6) is 0 Å². The fourth-order valence-corrected chi connectivity index (χ4v) is 1.34. The molecule has 0 atom stereocenters. The van der Waals surface area contributed by atoms with Crippen LogP contribution in [-0.2, 0) is 11.2 Å². The van der Waals surface area contributed by atoms with Crippen molar-refractivity contribution in [3.8, 4) is 0 Å². The van der Waals surface area contributed by atoms with Crippen LogP contribution in [0.15, 0.2) is 49.1 Å². The van der Waals surface area contributed by atoms with Gasteiger partial charge >= 0.3 is 6.09 Å². The molecule has 0 bridgehead atoms. The highest BCUT2D eigenvalue weighted by molar-refractivity contribution is 5.69. The summed E-state index contributed by atoms with van der Waals surface area (Å²) in [5, 5.41) is 0. The highest BCUT2D eigenvalue weighted by atomic mass is 16.5. The Morgan fingerprint density at radius 3 is 2.81 bits per heavy atom. The van der Waals surface area contributed by atoms with E-state index in [2.05, 4.69) is 4.98 Å². The molecule has 1 heterocycles. The van der Waals surface area contributed by atoms with Crippen LogP contribution in [-0.4, -0.2) is 22.3 Å². The zero-order chi connectivity index (χ0) is 11.2. The van der Waals surface area contributed by atoms with Crippen LogP contribution in [0.3, 0.4) is 0 Å². The molecule has 0 amide bonds. The van der Waals surface area contributed by atoms with Crippen LogP contribution in [0.25, 0.3) is 0 Å². The lowest BCUT2D eigenvalue weighted by molar-refractivity contribution is 0.149. The van der Waals surface area contributed by atoms with E-state index in [1.165, 1.54) is 10.9 Å². The van der Waals surface area contributed by atoms with Gasteiger partial charge in [-0.2, -0.15) is 0 Å². The van der Waals surface area contributed by atoms with Crippen LogP contribution >= 0.6 is 0 Å². The van der Waals surface area contributed by atoms with Crippen LogP contribution in [0, 0.1) is 0 Å². The van der Waals surface area contributed by atoms with E-state index in [9.17, 15) is 4.79 Å². The van der Waals surface area contributed by atoms with Crippen LogP contribution in [0.1, 0.15) is 5.56 Å².